The molecule has 1 N–H and O–H groups in total. The van der Waals surface area contributed by atoms with Crippen LogP contribution in [0.4, 0.5) is 0 Å². The van der Waals surface area contributed by atoms with E-state index in [0.29, 0.717) is 18.1 Å². The van der Waals surface area contributed by atoms with Gasteiger partial charge in [-0.2, -0.15) is 0 Å². The quantitative estimate of drug-likeness (QED) is 0.841. The van der Waals surface area contributed by atoms with Crippen molar-refractivity contribution in [1.29, 1.82) is 0 Å². The molecular formula is C16H25NO3S. The molecule has 2 rings (SSSR count). The number of hydrogen-bond donors (Lipinski definition) is 1. The third-order valence-electron chi connectivity index (χ3n) is 3.94. The molecule has 2 unspecified atom stereocenters. The summed E-state index contributed by atoms with van der Waals surface area (Å²) in [4.78, 5) is 0. The molecule has 21 heavy (non-hydrogen) atoms. The second-order valence-electron chi connectivity index (χ2n) is 5.62. The molecule has 0 bridgehead atoms. The fourth-order valence-electron chi connectivity index (χ4n) is 2.94. The van der Waals surface area contributed by atoms with Crippen molar-refractivity contribution < 1.29 is 13.2 Å². The Hall–Kier alpha value is -1.07. The van der Waals surface area contributed by atoms with E-state index in [2.05, 4.69) is 24.4 Å². The molecule has 118 valence electrons. The van der Waals surface area contributed by atoms with E-state index in [1.165, 1.54) is 5.56 Å². The number of nitrogens with one attached hydrogen (secondary N) is 1. The zero-order valence-corrected chi connectivity index (χ0v) is 13.7. The average Bonchev–Trinajstić information content (AvgIpc) is 2.79. The Labute approximate surface area is 127 Å². The van der Waals surface area contributed by atoms with E-state index < -0.39 is 9.84 Å². The Morgan fingerprint density at radius 2 is 2.00 bits per heavy atom. The first kappa shape index (κ1) is 16.3. The molecule has 1 aromatic rings. The van der Waals surface area contributed by atoms with Gasteiger partial charge in [0.25, 0.3) is 0 Å². The van der Waals surface area contributed by atoms with Crippen LogP contribution in [0.2, 0.25) is 0 Å². The van der Waals surface area contributed by atoms with Gasteiger partial charge in [-0.25, -0.2) is 8.42 Å². The average molecular weight is 311 g/mol. The Bertz CT molecular complexity index is 539. The van der Waals surface area contributed by atoms with Crippen molar-refractivity contribution in [3.63, 3.8) is 0 Å². The van der Waals surface area contributed by atoms with E-state index in [9.17, 15) is 8.42 Å². The van der Waals surface area contributed by atoms with Gasteiger partial charge in [0.1, 0.15) is 5.75 Å². The van der Waals surface area contributed by atoms with Gasteiger partial charge in [0.15, 0.2) is 9.84 Å². The second kappa shape index (κ2) is 7.27. The van der Waals surface area contributed by atoms with Crippen molar-refractivity contribution in [2.45, 2.75) is 32.7 Å². The molecule has 1 fully saturated rings. The van der Waals surface area contributed by atoms with Gasteiger partial charge in [0.2, 0.25) is 0 Å². The van der Waals surface area contributed by atoms with Gasteiger partial charge in [-0.3, -0.25) is 0 Å². The Morgan fingerprint density at radius 1 is 1.29 bits per heavy atom. The van der Waals surface area contributed by atoms with Crippen molar-refractivity contribution >= 4 is 9.84 Å². The normalized spacial score (nSPS) is 22.1. The minimum absolute atomic E-state index is 0.212. The van der Waals surface area contributed by atoms with Crippen LogP contribution in [0.25, 0.3) is 0 Å². The van der Waals surface area contributed by atoms with Crippen LogP contribution in [0, 0.1) is 5.92 Å². The molecule has 0 radical (unpaired) electrons. The van der Waals surface area contributed by atoms with Crippen molar-refractivity contribution in [3.8, 4) is 5.75 Å². The summed E-state index contributed by atoms with van der Waals surface area (Å²) in [5.74, 6) is 1.83. The SMILES string of the molecule is CCNC(CC1CCS(=O)(=O)C1)c1ccc(OCC)cc1. The summed E-state index contributed by atoms with van der Waals surface area (Å²) in [5.41, 5.74) is 1.20. The summed E-state index contributed by atoms with van der Waals surface area (Å²) < 4.78 is 28.7. The van der Waals surface area contributed by atoms with Crippen molar-refractivity contribution in [2.75, 3.05) is 24.7 Å². The van der Waals surface area contributed by atoms with Crippen LogP contribution in [0.5, 0.6) is 5.75 Å². The van der Waals surface area contributed by atoms with Gasteiger partial charge in [0, 0.05) is 6.04 Å². The van der Waals surface area contributed by atoms with Gasteiger partial charge in [0.05, 0.1) is 18.1 Å². The van der Waals surface area contributed by atoms with E-state index in [-0.39, 0.29) is 12.0 Å². The number of ether oxygens (including phenoxy) is 1. The highest BCUT2D eigenvalue weighted by Gasteiger charge is 2.29. The first-order valence-corrected chi connectivity index (χ1v) is 9.52. The number of rotatable bonds is 7. The van der Waals surface area contributed by atoms with Crippen LogP contribution in [0.3, 0.4) is 0 Å². The summed E-state index contributed by atoms with van der Waals surface area (Å²) in [6.45, 7) is 5.58. The van der Waals surface area contributed by atoms with Gasteiger partial charge in [-0.1, -0.05) is 19.1 Å². The van der Waals surface area contributed by atoms with Gasteiger partial charge in [-0.15, -0.1) is 0 Å². The first-order chi connectivity index (χ1) is 10.0. The number of sulfone groups is 1. The van der Waals surface area contributed by atoms with E-state index in [1.54, 1.807) is 0 Å². The van der Waals surface area contributed by atoms with Crippen molar-refractivity contribution in [1.82, 2.24) is 5.32 Å². The van der Waals surface area contributed by atoms with Crippen LogP contribution in [0.15, 0.2) is 24.3 Å². The van der Waals surface area contributed by atoms with Gasteiger partial charge < -0.3 is 10.1 Å². The predicted octanol–water partition coefficient (Wildman–Crippen LogP) is 2.56. The molecule has 0 spiro atoms. The second-order valence-corrected chi connectivity index (χ2v) is 7.85. The highest BCUT2D eigenvalue weighted by molar-refractivity contribution is 7.91. The maximum atomic E-state index is 11.6. The molecule has 1 heterocycles. The molecule has 4 nitrogen and oxygen atoms in total. The Morgan fingerprint density at radius 3 is 2.52 bits per heavy atom. The third-order valence-corrected chi connectivity index (χ3v) is 5.78. The maximum absolute atomic E-state index is 11.6. The summed E-state index contributed by atoms with van der Waals surface area (Å²) >= 11 is 0. The molecule has 0 amide bonds. The zero-order chi connectivity index (χ0) is 15.3. The highest BCUT2D eigenvalue weighted by Crippen LogP contribution is 2.29. The molecule has 0 aliphatic carbocycles. The van der Waals surface area contributed by atoms with Crippen molar-refractivity contribution in [2.24, 2.45) is 5.92 Å². The molecule has 0 aromatic heterocycles. The molecule has 0 saturated carbocycles. The lowest BCUT2D eigenvalue weighted by Gasteiger charge is -2.21. The van der Waals surface area contributed by atoms with Crippen LogP contribution in [-0.4, -0.2) is 33.1 Å². The summed E-state index contributed by atoms with van der Waals surface area (Å²) in [7, 11) is -2.80. The topological polar surface area (TPSA) is 55.4 Å². The fourth-order valence-corrected chi connectivity index (χ4v) is 4.82. The lowest BCUT2D eigenvalue weighted by Crippen LogP contribution is -2.24. The van der Waals surface area contributed by atoms with E-state index in [4.69, 9.17) is 4.74 Å². The van der Waals surface area contributed by atoms with Gasteiger partial charge >= 0.3 is 0 Å². The van der Waals surface area contributed by atoms with Gasteiger partial charge in [-0.05, 0) is 49.9 Å². The number of benzene rings is 1. The molecule has 1 saturated heterocycles. The largest absolute Gasteiger partial charge is 0.494 e. The molecule has 1 aromatic carbocycles. The van der Waals surface area contributed by atoms with E-state index in [0.717, 1.165) is 25.1 Å². The van der Waals surface area contributed by atoms with E-state index in [1.807, 2.05) is 19.1 Å². The summed E-state index contributed by atoms with van der Waals surface area (Å²) in [6, 6.07) is 8.32. The maximum Gasteiger partial charge on any atom is 0.150 e. The lowest BCUT2D eigenvalue weighted by molar-refractivity contribution is 0.340. The summed E-state index contributed by atoms with van der Waals surface area (Å²) in [5, 5.41) is 3.47. The first-order valence-electron chi connectivity index (χ1n) is 7.70. The Kier molecular flexibility index (Phi) is 5.65. The molecular weight excluding hydrogens is 286 g/mol. The van der Waals surface area contributed by atoms with Crippen LogP contribution < -0.4 is 10.1 Å². The molecule has 1 aliphatic heterocycles. The van der Waals surface area contributed by atoms with Crippen LogP contribution in [0.1, 0.15) is 38.3 Å². The minimum atomic E-state index is -2.80. The van der Waals surface area contributed by atoms with Crippen molar-refractivity contribution in [3.05, 3.63) is 29.8 Å². The van der Waals surface area contributed by atoms with Crippen LogP contribution >= 0.6 is 0 Å². The molecule has 2 atom stereocenters. The standard InChI is InChI=1S/C16H25NO3S/c1-3-17-16(11-13-9-10-21(18,19)12-13)14-5-7-15(8-6-14)20-4-2/h5-8,13,16-17H,3-4,9-12H2,1-2H3. The molecule has 5 heteroatoms. The van der Waals surface area contributed by atoms with E-state index >= 15 is 0 Å². The van der Waals surface area contributed by atoms with Crippen LogP contribution in [-0.2, 0) is 9.84 Å². The predicted molar refractivity (Wildman–Crippen MR) is 85.4 cm³/mol. The third kappa shape index (κ3) is 4.71. The zero-order valence-electron chi connectivity index (χ0n) is 12.8. The Balaban J connectivity index is 2.04. The molecule has 1 aliphatic rings. The monoisotopic (exact) mass is 311 g/mol. The fraction of sp³-hybridized carbons (Fsp3) is 0.625. The minimum Gasteiger partial charge on any atom is -0.494 e. The highest BCUT2D eigenvalue weighted by atomic mass is 32.2. The number of hydrogen-bond acceptors (Lipinski definition) is 4. The lowest BCUT2D eigenvalue weighted by atomic mass is 9.94. The smallest absolute Gasteiger partial charge is 0.150 e. The summed E-state index contributed by atoms with van der Waals surface area (Å²) in [6.07, 6.45) is 1.67.